The topological polar surface area (TPSA) is 120 Å². The highest BCUT2D eigenvalue weighted by Crippen LogP contribution is 2.44. The number of alkyl halides is 2. The molecule has 3 aromatic heterocycles. The third-order valence-corrected chi connectivity index (χ3v) is 9.24. The molecule has 3 aliphatic heterocycles. The standard InChI is InChI=1S/C31H38F2N8O4/c1-21(42)39-11-8-30(9-12-39)18-40(19-30)26-15-25(36-24-14-23(5-10-34-24)44-29(32)33)37-28(38-26)22-16-35-41(17-22)20-31(6-7-31)45-27-4-2-3-13-43-27/h5,10,14-17,27,29H,2-4,6-9,11-13,18-20H2,1H3,(H,34,36,37,38). The number of anilines is 3. The highest BCUT2D eigenvalue weighted by molar-refractivity contribution is 5.73. The van der Waals surface area contributed by atoms with Crippen LogP contribution in [0.15, 0.2) is 36.8 Å². The second-order valence-electron chi connectivity index (χ2n) is 12.7. The maximum atomic E-state index is 12.8. The van der Waals surface area contributed by atoms with Crippen LogP contribution in [-0.4, -0.2) is 86.8 Å². The molecule has 3 saturated heterocycles. The number of amides is 1. The number of hydrogen-bond acceptors (Lipinski definition) is 10. The maximum absolute atomic E-state index is 12.8. The van der Waals surface area contributed by atoms with E-state index in [1.165, 1.54) is 18.3 Å². The number of carbonyl (C=O) groups excluding carboxylic acids is 1. The number of piperidine rings is 1. The summed E-state index contributed by atoms with van der Waals surface area (Å²) in [5, 5.41) is 7.75. The van der Waals surface area contributed by atoms with Crippen molar-refractivity contribution in [3.8, 4) is 17.1 Å². The molecule has 1 aliphatic carbocycles. The van der Waals surface area contributed by atoms with Gasteiger partial charge in [-0.2, -0.15) is 13.9 Å². The number of halogens is 2. The van der Waals surface area contributed by atoms with Gasteiger partial charge in [-0.3, -0.25) is 9.48 Å². The molecule has 4 aliphatic rings. The first-order chi connectivity index (χ1) is 21.8. The van der Waals surface area contributed by atoms with E-state index < -0.39 is 6.61 Å². The summed E-state index contributed by atoms with van der Waals surface area (Å²) >= 11 is 0. The van der Waals surface area contributed by atoms with Crippen LogP contribution in [-0.2, 0) is 20.8 Å². The Labute approximate surface area is 260 Å². The van der Waals surface area contributed by atoms with Gasteiger partial charge in [0.05, 0.1) is 23.9 Å². The predicted molar refractivity (Wildman–Crippen MR) is 160 cm³/mol. The SMILES string of the molecule is CC(=O)N1CCC2(CC1)CN(c1cc(Nc3cc(OC(F)F)ccn3)nc(-c3cnn(CC4(OC5CCCCO5)CC4)c3)n1)C2. The fraction of sp³-hybridized carbons (Fsp3) is 0.581. The minimum Gasteiger partial charge on any atom is -0.435 e. The van der Waals surface area contributed by atoms with Crippen molar-refractivity contribution in [1.29, 1.82) is 0 Å². The summed E-state index contributed by atoms with van der Waals surface area (Å²) in [6.45, 7) is 3.23. The molecular weight excluding hydrogens is 586 g/mol. The molecule has 1 spiro atoms. The summed E-state index contributed by atoms with van der Waals surface area (Å²) in [4.78, 5) is 29.9. The molecule has 0 aromatic carbocycles. The third kappa shape index (κ3) is 6.86. The van der Waals surface area contributed by atoms with Crippen LogP contribution in [0.2, 0.25) is 0 Å². The molecule has 12 nitrogen and oxygen atoms in total. The maximum Gasteiger partial charge on any atom is 0.387 e. The van der Waals surface area contributed by atoms with Gasteiger partial charge in [0.2, 0.25) is 5.91 Å². The number of aromatic nitrogens is 5. The van der Waals surface area contributed by atoms with Gasteiger partial charge in [-0.25, -0.2) is 15.0 Å². The smallest absolute Gasteiger partial charge is 0.387 e. The quantitative estimate of drug-likeness (QED) is 0.343. The molecule has 1 atom stereocenters. The molecule has 6 heterocycles. The highest BCUT2D eigenvalue weighted by atomic mass is 19.3. The Morgan fingerprint density at radius 1 is 1.13 bits per heavy atom. The lowest BCUT2D eigenvalue weighted by molar-refractivity contribution is -0.200. The minimum atomic E-state index is -2.94. The molecule has 240 valence electrons. The lowest BCUT2D eigenvalue weighted by atomic mass is 9.72. The second kappa shape index (κ2) is 12.1. The number of nitrogens with one attached hydrogen (secondary N) is 1. The van der Waals surface area contributed by atoms with Crippen LogP contribution in [0.5, 0.6) is 5.75 Å². The number of hydrogen-bond donors (Lipinski definition) is 1. The van der Waals surface area contributed by atoms with Crippen LogP contribution >= 0.6 is 0 Å². The molecule has 3 aromatic rings. The summed E-state index contributed by atoms with van der Waals surface area (Å²) in [5.41, 5.74) is 0.637. The number of nitrogens with zero attached hydrogens (tertiary/aromatic N) is 7. The summed E-state index contributed by atoms with van der Waals surface area (Å²) < 4.78 is 44.2. The van der Waals surface area contributed by atoms with Crippen molar-refractivity contribution < 1.29 is 27.8 Å². The van der Waals surface area contributed by atoms with Crippen LogP contribution in [0.4, 0.5) is 26.2 Å². The van der Waals surface area contributed by atoms with Crippen molar-refractivity contribution in [3.63, 3.8) is 0 Å². The highest BCUT2D eigenvalue weighted by Gasteiger charge is 2.47. The summed E-state index contributed by atoms with van der Waals surface area (Å²) in [6, 6.07) is 4.61. The van der Waals surface area contributed by atoms with Gasteiger partial charge in [0, 0.05) is 69.7 Å². The first-order valence-electron chi connectivity index (χ1n) is 15.7. The zero-order valence-corrected chi connectivity index (χ0v) is 25.3. The van der Waals surface area contributed by atoms with E-state index in [1.807, 2.05) is 21.8 Å². The zero-order chi connectivity index (χ0) is 31.0. The van der Waals surface area contributed by atoms with Gasteiger partial charge in [0.1, 0.15) is 23.2 Å². The molecule has 7 rings (SSSR count). The number of ether oxygens (including phenoxy) is 3. The van der Waals surface area contributed by atoms with Gasteiger partial charge in [-0.05, 0) is 51.0 Å². The van der Waals surface area contributed by atoms with Crippen molar-refractivity contribution >= 4 is 23.4 Å². The number of likely N-dealkylation sites (tertiary alicyclic amines) is 1. The fourth-order valence-corrected chi connectivity index (χ4v) is 6.51. The van der Waals surface area contributed by atoms with Gasteiger partial charge < -0.3 is 29.3 Å². The molecule has 1 unspecified atom stereocenters. The first-order valence-corrected chi connectivity index (χ1v) is 15.7. The average molecular weight is 625 g/mol. The number of pyridine rings is 1. The van der Waals surface area contributed by atoms with Crippen LogP contribution in [0, 0.1) is 5.41 Å². The van der Waals surface area contributed by atoms with E-state index >= 15 is 0 Å². The molecule has 0 bridgehead atoms. The number of rotatable bonds is 10. The summed E-state index contributed by atoms with van der Waals surface area (Å²) in [7, 11) is 0. The van der Waals surface area contributed by atoms with E-state index in [-0.39, 0.29) is 29.0 Å². The molecule has 1 saturated carbocycles. The normalized spacial score (nSPS) is 21.9. The monoisotopic (exact) mass is 624 g/mol. The van der Waals surface area contributed by atoms with Crippen LogP contribution in [0.1, 0.15) is 51.9 Å². The molecule has 0 radical (unpaired) electrons. The Morgan fingerprint density at radius 3 is 2.67 bits per heavy atom. The van der Waals surface area contributed by atoms with Crippen molar-refractivity contribution in [2.24, 2.45) is 5.41 Å². The van der Waals surface area contributed by atoms with Crippen molar-refractivity contribution in [2.75, 3.05) is 43.0 Å². The van der Waals surface area contributed by atoms with E-state index in [1.54, 1.807) is 13.1 Å². The Hall–Kier alpha value is -3.91. The molecule has 14 heteroatoms. The van der Waals surface area contributed by atoms with Crippen molar-refractivity contribution in [3.05, 3.63) is 36.8 Å². The zero-order valence-electron chi connectivity index (χ0n) is 25.3. The van der Waals surface area contributed by atoms with Gasteiger partial charge in [-0.1, -0.05) is 0 Å². The summed E-state index contributed by atoms with van der Waals surface area (Å²) in [6.07, 6.45) is 11.9. The number of carbonyl (C=O) groups is 1. The fourth-order valence-electron chi connectivity index (χ4n) is 6.51. The van der Waals surface area contributed by atoms with E-state index in [4.69, 9.17) is 19.4 Å². The van der Waals surface area contributed by atoms with Gasteiger partial charge in [-0.15, -0.1) is 0 Å². The van der Waals surface area contributed by atoms with Crippen molar-refractivity contribution in [2.45, 2.75) is 76.9 Å². The Balaban J connectivity index is 1.10. The molecule has 45 heavy (non-hydrogen) atoms. The molecule has 4 fully saturated rings. The van der Waals surface area contributed by atoms with Crippen LogP contribution in [0.3, 0.4) is 0 Å². The van der Waals surface area contributed by atoms with E-state index in [9.17, 15) is 13.6 Å². The van der Waals surface area contributed by atoms with Crippen molar-refractivity contribution in [1.82, 2.24) is 29.6 Å². The van der Waals surface area contributed by atoms with Gasteiger partial charge >= 0.3 is 6.61 Å². The lowest BCUT2D eigenvalue weighted by Crippen LogP contribution is -2.61. The van der Waals surface area contributed by atoms with E-state index in [0.29, 0.717) is 24.0 Å². The van der Waals surface area contributed by atoms with Gasteiger partial charge in [0.15, 0.2) is 12.1 Å². The first kappa shape index (κ1) is 29.8. The Morgan fingerprint density at radius 2 is 1.96 bits per heavy atom. The predicted octanol–water partition coefficient (Wildman–Crippen LogP) is 4.60. The lowest BCUT2D eigenvalue weighted by Gasteiger charge is -2.54. The second-order valence-corrected chi connectivity index (χ2v) is 12.7. The van der Waals surface area contributed by atoms with E-state index in [2.05, 4.69) is 25.0 Å². The van der Waals surface area contributed by atoms with Crippen LogP contribution in [0.25, 0.3) is 11.4 Å². The summed E-state index contributed by atoms with van der Waals surface area (Å²) in [5.74, 6) is 2.12. The van der Waals surface area contributed by atoms with E-state index in [0.717, 1.165) is 89.1 Å². The third-order valence-electron chi connectivity index (χ3n) is 9.24. The van der Waals surface area contributed by atoms with Gasteiger partial charge in [0.25, 0.3) is 0 Å². The average Bonchev–Trinajstić information content (AvgIpc) is 3.59. The molecular formula is C31H38F2N8O4. The molecule has 1 N–H and O–H groups in total. The Kier molecular flexibility index (Phi) is 8.02. The largest absolute Gasteiger partial charge is 0.435 e. The minimum absolute atomic E-state index is 0.00489. The van der Waals surface area contributed by atoms with Crippen LogP contribution < -0.4 is 15.0 Å². The Bertz CT molecular complexity index is 1510. The molecule has 1 amide bonds.